The Hall–Kier alpha value is -1.48. The number of fused-ring (bicyclic) bond motifs is 1. The van der Waals surface area contributed by atoms with Gasteiger partial charge in [0.25, 0.3) is 21.6 Å². The molecule has 0 saturated carbocycles. The largest absolute Gasteiger partial charge is 0.270 e. The third-order valence-corrected chi connectivity index (χ3v) is 5.08. The first-order chi connectivity index (χ1) is 8.89. The maximum absolute atomic E-state index is 12.1. The van der Waals surface area contributed by atoms with Crippen molar-refractivity contribution in [1.29, 1.82) is 0 Å². The molecule has 1 heterocycles. The van der Waals surface area contributed by atoms with Crippen molar-refractivity contribution in [3.8, 4) is 0 Å². The van der Waals surface area contributed by atoms with Gasteiger partial charge in [-0.25, -0.2) is 12.7 Å². The maximum Gasteiger partial charge on any atom is 0.270 e. The van der Waals surface area contributed by atoms with E-state index >= 15 is 0 Å². The van der Waals surface area contributed by atoms with Crippen LogP contribution >= 0.6 is 15.9 Å². The number of amides is 1. The standard InChI is InChI=1S/C10H9BrN2O5S/c11-4-1-5-12-10(14)8-3-2-7(13(15)16)6-9(8)19(12,17)18/h2-3,6H,1,4-5H2. The minimum absolute atomic E-state index is 0.0137. The van der Waals surface area contributed by atoms with E-state index < -0.39 is 20.9 Å². The van der Waals surface area contributed by atoms with Crippen LogP contribution in [0, 0.1) is 10.1 Å². The molecule has 0 radical (unpaired) electrons. The van der Waals surface area contributed by atoms with Gasteiger partial charge in [-0.15, -0.1) is 0 Å². The molecular weight excluding hydrogens is 340 g/mol. The fourth-order valence-electron chi connectivity index (χ4n) is 1.80. The van der Waals surface area contributed by atoms with Gasteiger partial charge in [-0.3, -0.25) is 14.9 Å². The highest BCUT2D eigenvalue weighted by atomic mass is 79.9. The molecule has 1 amide bonds. The third kappa shape index (κ3) is 2.23. The zero-order valence-corrected chi connectivity index (χ0v) is 12.0. The number of halogens is 1. The van der Waals surface area contributed by atoms with E-state index in [4.69, 9.17) is 0 Å². The molecule has 19 heavy (non-hydrogen) atoms. The molecule has 0 aliphatic carbocycles. The van der Waals surface area contributed by atoms with Crippen LogP contribution in [0.25, 0.3) is 0 Å². The van der Waals surface area contributed by atoms with Crippen molar-refractivity contribution in [2.45, 2.75) is 11.3 Å². The van der Waals surface area contributed by atoms with Crippen LogP contribution in [0.2, 0.25) is 0 Å². The van der Waals surface area contributed by atoms with E-state index in [9.17, 15) is 23.3 Å². The summed E-state index contributed by atoms with van der Waals surface area (Å²) in [5.41, 5.74) is -0.363. The van der Waals surface area contributed by atoms with E-state index in [0.29, 0.717) is 11.8 Å². The van der Waals surface area contributed by atoms with Gasteiger partial charge in [-0.05, 0) is 12.5 Å². The lowest BCUT2D eigenvalue weighted by Crippen LogP contribution is -2.31. The second-order valence-electron chi connectivity index (χ2n) is 3.86. The summed E-state index contributed by atoms with van der Waals surface area (Å²) in [6.07, 6.45) is 0.473. The van der Waals surface area contributed by atoms with Crippen molar-refractivity contribution in [2.75, 3.05) is 11.9 Å². The topological polar surface area (TPSA) is 97.6 Å². The summed E-state index contributed by atoms with van der Waals surface area (Å²) in [4.78, 5) is 21.6. The summed E-state index contributed by atoms with van der Waals surface area (Å²) in [6, 6.07) is 3.23. The quantitative estimate of drug-likeness (QED) is 0.466. The normalized spacial score (nSPS) is 16.5. The summed E-state index contributed by atoms with van der Waals surface area (Å²) in [5, 5.41) is 11.2. The van der Waals surface area contributed by atoms with E-state index in [-0.39, 0.29) is 22.7 Å². The number of nitro groups is 1. The second kappa shape index (κ2) is 4.89. The molecule has 0 spiro atoms. The molecule has 0 fully saturated rings. The molecule has 0 N–H and O–H groups in total. The van der Waals surface area contributed by atoms with Gasteiger partial charge in [0.1, 0.15) is 4.90 Å². The molecule has 0 atom stereocenters. The molecule has 2 rings (SSSR count). The summed E-state index contributed by atoms with van der Waals surface area (Å²) < 4.78 is 25.0. The van der Waals surface area contributed by atoms with Crippen molar-refractivity contribution in [3.05, 3.63) is 33.9 Å². The van der Waals surface area contributed by atoms with Gasteiger partial charge >= 0.3 is 0 Å². The lowest BCUT2D eigenvalue weighted by Gasteiger charge is -2.13. The molecule has 0 unspecified atom stereocenters. The SMILES string of the molecule is O=C1c2ccc([N+](=O)[O-])cc2S(=O)(=O)N1CCCBr. The summed E-state index contributed by atoms with van der Waals surface area (Å²) >= 11 is 3.16. The predicted octanol–water partition coefficient (Wildman–Crippen LogP) is 1.52. The van der Waals surface area contributed by atoms with Crippen LogP contribution in [0.3, 0.4) is 0 Å². The minimum Gasteiger partial charge on any atom is -0.268 e. The predicted molar refractivity (Wildman–Crippen MR) is 69.7 cm³/mol. The number of benzene rings is 1. The first-order valence-corrected chi connectivity index (χ1v) is 7.87. The third-order valence-electron chi connectivity index (χ3n) is 2.70. The van der Waals surface area contributed by atoms with Crippen LogP contribution < -0.4 is 0 Å². The van der Waals surface area contributed by atoms with E-state index in [0.717, 1.165) is 16.4 Å². The van der Waals surface area contributed by atoms with Gasteiger partial charge in [0.15, 0.2) is 0 Å². The minimum atomic E-state index is -3.97. The Kier molecular flexibility index (Phi) is 3.59. The smallest absolute Gasteiger partial charge is 0.268 e. The Balaban J connectivity index is 2.51. The molecule has 9 heteroatoms. The van der Waals surface area contributed by atoms with Crippen molar-refractivity contribution < 1.29 is 18.1 Å². The Morgan fingerprint density at radius 1 is 1.37 bits per heavy atom. The fraction of sp³-hybridized carbons (Fsp3) is 0.300. The highest BCUT2D eigenvalue weighted by Gasteiger charge is 2.41. The zero-order valence-electron chi connectivity index (χ0n) is 9.58. The number of carbonyl (C=O) groups is 1. The molecule has 1 aliphatic heterocycles. The van der Waals surface area contributed by atoms with Crippen LogP contribution in [-0.4, -0.2) is 35.4 Å². The molecule has 1 aromatic carbocycles. The molecule has 1 aromatic rings. The lowest BCUT2D eigenvalue weighted by atomic mass is 10.2. The van der Waals surface area contributed by atoms with Gasteiger partial charge in [0, 0.05) is 24.0 Å². The molecule has 0 bridgehead atoms. The Bertz CT molecular complexity index is 658. The van der Waals surface area contributed by atoms with Gasteiger partial charge in [0.05, 0.1) is 10.5 Å². The Labute approximate surface area is 117 Å². The highest BCUT2D eigenvalue weighted by molar-refractivity contribution is 9.09. The van der Waals surface area contributed by atoms with E-state index in [2.05, 4.69) is 15.9 Å². The van der Waals surface area contributed by atoms with Crippen molar-refractivity contribution in [2.24, 2.45) is 0 Å². The van der Waals surface area contributed by atoms with Crippen LogP contribution in [0.4, 0.5) is 5.69 Å². The van der Waals surface area contributed by atoms with Crippen LogP contribution in [0.15, 0.2) is 23.1 Å². The lowest BCUT2D eigenvalue weighted by molar-refractivity contribution is -0.385. The monoisotopic (exact) mass is 348 g/mol. The number of non-ortho nitro benzene ring substituents is 1. The van der Waals surface area contributed by atoms with Crippen LogP contribution in [-0.2, 0) is 10.0 Å². The first-order valence-electron chi connectivity index (χ1n) is 5.31. The van der Waals surface area contributed by atoms with Gasteiger partial charge in [-0.1, -0.05) is 15.9 Å². The number of carbonyl (C=O) groups excluding carboxylic acids is 1. The Morgan fingerprint density at radius 3 is 2.63 bits per heavy atom. The highest BCUT2D eigenvalue weighted by Crippen LogP contribution is 2.32. The van der Waals surface area contributed by atoms with Crippen molar-refractivity contribution >= 4 is 37.5 Å². The average Bonchev–Trinajstić information content (AvgIpc) is 2.55. The second-order valence-corrected chi connectivity index (χ2v) is 6.49. The number of nitrogens with zero attached hydrogens (tertiary/aromatic N) is 2. The number of rotatable bonds is 4. The summed E-state index contributed by atoms with van der Waals surface area (Å²) in [6.45, 7) is 0.0505. The number of alkyl halides is 1. The van der Waals surface area contributed by atoms with E-state index in [1.807, 2.05) is 0 Å². The number of nitro benzene ring substituents is 1. The van der Waals surface area contributed by atoms with E-state index in [1.54, 1.807) is 0 Å². The number of sulfonamides is 1. The van der Waals surface area contributed by atoms with Gasteiger partial charge < -0.3 is 0 Å². The van der Waals surface area contributed by atoms with Gasteiger partial charge in [0.2, 0.25) is 0 Å². The van der Waals surface area contributed by atoms with Crippen molar-refractivity contribution in [1.82, 2.24) is 4.31 Å². The van der Waals surface area contributed by atoms with Gasteiger partial charge in [-0.2, -0.15) is 0 Å². The van der Waals surface area contributed by atoms with Crippen LogP contribution in [0.1, 0.15) is 16.8 Å². The first kappa shape index (κ1) is 13.9. The molecule has 102 valence electrons. The fourth-order valence-corrected chi connectivity index (χ4v) is 3.68. The Morgan fingerprint density at radius 2 is 2.05 bits per heavy atom. The van der Waals surface area contributed by atoms with Crippen molar-refractivity contribution in [3.63, 3.8) is 0 Å². The summed E-state index contributed by atoms with van der Waals surface area (Å²) in [7, 11) is -3.97. The van der Waals surface area contributed by atoms with Crippen LogP contribution in [0.5, 0.6) is 0 Å². The number of hydrogen-bond acceptors (Lipinski definition) is 5. The average molecular weight is 349 g/mol. The summed E-state index contributed by atoms with van der Waals surface area (Å²) in [5.74, 6) is -0.633. The number of hydrogen-bond donors (Lipinski definition) is 0. The molecule has 1 aliphatic rings. The zero-order chi connectivity index (χ0) is 14.2. The maximum atomic E-state index is 12.1. The molecule has 0 aromatic heterocycles. The molecular formula is C10H9BrN2O5S. The molecule has 0 saturated heterocycles. The van der Waals surface area contributed by atoms with E-state index in [1.165, 1.54) is 6.07 Å². The molecule has 7 nitrogen and oxygen atoms in total.